The number of carbonyl (C=O) groups excluding carboxylic acids is 1. The van der Waals surface area contributed by atoms with Crippen molar-refractivity contribution in [1.82, 2.24) is 0 Å². The van der Waals surface area contributed by atoms with E-state index in [4.69, 9.17) is 4.74 Å². The Labute approximate surface area is 121 Å². The maximum atomic E-state index is 11.5. The zero-order chi connectivity index (χ0) is 14.5. The molecular weight excluding hydrogens is 250 g/mol. The fourth-order valence-corrected chi connectivity index (χ4v) is 3.07. The van der Waals surface area contributed by atoms with Crippen LogP contribution in [0.1, 0.15) is 54.9 Å². The van der Waals surface area contributed by atoms with Crippen molar-refractivity contribution in [1.29, 1.82) is 0 Å². The topological polar surface area (TPSA) is 38.3 Å². The van der Waals surface area contributed by atoms with E-state index in [-0.39, 0.29) is 5.97 Å². The molecule has 1 N–H and O–H groups in total. The molecule has 0 aliphatic heterocycles. The quantitative estimate of drug-likeness (QED) is 0.838. The molecule has 20 heavy (non-hydrogen) atoms. The highest BCUT2D eigenvalue weighted by Gasteiger charge is 2.20. The van der Waals surface area contributed by atoms with Crippen molar-refractivity contribution >= 4 is 11.7 Å². The molecule has 0 spiro atoms. The van der Waals surface area contributed by atoms with Crippen LogP contribution in [-0.4, -0.2) is 19.1 Å². The summed E-state index contributed by atoms with van der Waals surface area (Å²) < 4.78 is 4.75. The number of nitrogens with one attached hydrogen (secondary N) is 1. The van der Waals surface area contributed by atoms with Crippen molar-refractivity contribution in [3.63, 3.8) is 0 Å². The number of hydrogen-bond donors (Lipinski definition) is 1. The SMILES string of the molecule is COC(=O)c1ccc(NC(C)C2CCCCC2)c(C)c1. The van der Waals surface area contributed by atoms with E-state index < -0.39 is 0 Å². The van der Waals surface area contributed by atoms with E-state index >= 15 is 0 Å². The van der Waals surface area contributed by atoms with Gasteiger partial charge in [0.2, 0.25) is 0 Å². The Kier molecular flexibility index (Phi) is 5.05. The van der Waals surface area contributed by atoms with Crippen LogP contribution in [0.2, 0.25) is 0 Å². The predicted molar refractivity (Wildman–Crippen MR) is 82.2 cm³/mol. The Morgan fingerprint density at radius 2 is 2.00 bits per heavy atom. The van der Waals surface area contributed by atoms with Crippen LogP contribution in [0, 0.1) is 12.8 Å². The van der Waals surface area contributed by atoms with Crippen LogP contribution in [-0.2, 0) is 4.74 Å². The number of ether oxygens (including phenoxy) is 1. The van der Waals surface area contributed by atoms with Gasteiger partial charge in [0.15, 0.2) is 0 Å². The number of esters is 1. The highest BCUT2D eigenvalue weighted by Crippen LogP contribution is 2.29. The minimum atomic E-state index is -0.278. The molecule has 1 aromatic rings. The van der Waals surface area contributed by atoms with E-state index in [2.05, 4.69) is 12.2 Å². The molecule has 1 aromatic carbocycles. The third-order valence-corrected chi connectivity index (χ3v) is 4.39. The average Bonchev–Trinajstić information content (AvgIpc) is 2.49. The Bertz CT molecular complexity index is 464. The molecule has 0 aromatic heterocycles. The lowest BCUT2D eigenvalue weighted by atomic mass is 9.84. The maximum absolute atomic E-state index is 11.5. The van der Waals surface area contributed by atoms with Crippen LogP contribution in [0.4, 0.5) is 5.69 Å². The number of methoxy groups -OCH3 is 1. The normalized spacial score (nSPS) is 17.6. The Morgan fingerprint density at radius 3 is 2.60 bits per heavy atom. The molecule has 1 aliphatic carbocycles. The second-order valence-electron chi connectivity index (χ2n) is 5.85. The number of benzene rings is 1. The second kappa shape index (κ2) is 6.78. The fraction of sp³-hybridized carbons (Fsp3) is 0.588. The molecule has 2 rings (SSSR count). The fourth-order valence-electron chi connectivity index (χ4n) is 3.07. The first-order valence-electron chi connectivity index (χ1n) is 7.57. The molecule has 1 fully saturated rings. The summed E-state index contributed by atoms with van der Waals surface area (Å²) in [4.78, 5) is 11.5. The van der Waals surface area contributed by atoms with Crippen molar-refractivity contribution in [2.24, 2.45) is 5.92 Å². The van der Waals surface area contributed by atoms with Crippen molar-refractivity contribution in [2.75, 3.05) is 12.4 Å². The average molecular weight is 275 g/mol. The summed E-state index contributed by atoms with van der Waals surface area (Å²) in [7, 11) is 1.41. The van der Waals surface area contributed by atoms with Gasteiger partial charge < -0.3 is 10.1 Å². The highest BCUT2D eigenvalue weighted by molar-refractivity contribution is 5.90. The van der Waals surface area contributed by atoms with Crippen molar-refractivity contribution < 1.29 is 9.53 Å². The number of rotatable bonds is 4. The summed E-state index contributed by atoms with van der Waals surface area (Å²) >= 11 is 0. The molecule has 1 aliphatic rings. The first kappa shape index (κ1) is 14.9. The van der Waals surface area contributed by atoms with E-state index in [9.17, 15) is 4.79 Å². The standard InChI is InChI=1S/C17H25NO2/c1-12-11-15(17(19)20-3)9-10-16(12)18-13(2)14-7-5-4-6-8-14/h9-11,13-14,18H,4-8H2,1-3H3. The van der Waals surface area contributed by atoms with Crippen LogP contribution >= 0.6 is 0 Å². The summed E-state index contributed by atoms with van der Waals surface area (Å²) in [6.07, 6.45) is 6.75. The highest BCUT2D eigenvalue weighted by atomic mass is 16.5. The minimum absolute atomic E-state index is 0.278. The van der Waals surface area contributed by atoms with Crippen LogP contribution in [0.25, 0.3) is 0 Å². The lowest BCUT2D eigenvalue weighted by Gasteiger charge is -2.29. The molecule has 3 nitrogen and oxygen atoms in total. The molecule has 1 unspecified atom stereocenters. The van der Waals surface area contributed by atoms with Gasteiger partial charge in [0.1, 0.15) is 0 Å². The van der Waals surface area contributed by atoms with Crippen molar-refractivity contribution in [3.05, 3.63) is 29.3 Å². The Balaban J connectivity index is 2.03. The van der Waals surface area contributed by atoms with Crippen LogP contribution in [0.15, 0.2) is 18.2 Å². The largest absolute Gasteiger partial charge is 0.465 e. The van der Waals surface area contributed by atoms with Gasteiger partial charge in [-0.2, -0.15) is 0 Å². The molecule has 3 heteroatoms. The summed E-state index contributed by atoms with van der Waals surface area (Å²) in [5.41, 5.74) is 2.83. The number of aryl methyl sites for hydroxylation is 1. The van der Waals surface area contributed by atoms with Gasteiger partial charge in [0.25, 0.3) is 0 Å². The van der Waals surface area contributed by atoms with E-state index in [1.54, 1.807) is 0 Å². The zero-order valence-electron chi connectivity index (χ0n) is 12.7. The summed E-state index contributed by atoms with van der Waals surface area (Å²) in [6, 6.07) is 6.19. The molecule has 1 atom stereocenters. The van der Waals surface area contributed by atoms with Crippen molar-refractivity contribution in [2.45, 2.75) is 52.0 Å². The van der Waals surface area contributed by atoms with Crippen LogP contribution < -0.4 is 5.32 Å². The van der Waals surface area contributed by atoms with E-state index in [0.717, 1.165) is 17.2 Å². The minimum Gasteiger partial charge on any atom is -0.465 e. The molecular formula is C17H25NO2. The van der Waals surface area contributed by atoms with E-state index in [0.29, 0.717) is 11.6 Å². The third-order valence-electron chi connectivity index (χ3n) is 4.39. The predicted octanol–water partition coefficient (Wildman–Crippen LogP) is 4.16. The van der Waals surface area contributed by atoms with Gasteiger partial charge in [-0.15, -0.1) is 0 Å². The van der Waals surface area contributed by atoms with Gasteiger partial charge in [-0.1, -0.05) is 19.3 Å². The first-order chi connectivity index (χ1) is 9.61. The Morgan fingerprint density at radius 1 is 1.30 bits per heavy atom. The summed E-state index contributed by atoms with van der Waals surface area (Å²) in [5, 5.41) is 3.61. The molecule has 0 saturated heterocycles. The lowest BCUT2D eigenvalue weighted by Crippen LogP contribution is -2.28. The van der Waals surface area contributed by atoms with Gasteiger partial charge in [0, 0.05) is 11.7 Å². The monoisotopic (exact) mass is 275 g/mol. The Hall–Kier alpha value is -1.51. The van der Waals surface area contributed by atoms with Gasteiger partial charge in [0.05, 0.1) is 12.7 Å². The van der Waals surface area contributed by atoms with Gasteiger partial charge in [-0.3, -0.25) is 0 Å². The van der Waals surface area contributed by atoms with Crippen LogP contribution in [0.3, 0.4) is 0 Å². The molecule has 0 bridgehead atoms. The van der Waals surface area contributed by atoms with Gasteiger partial charge in [-0.05, 0) is 56.4 Å². The summed E-state index contributed by atoms with van der Waals surface area (Å²) in [5.74, 6) is 0.489. The molecule has 1 saturated carbocycles. The third kappa shape index (κ3) is 3.53. The molecule has 0 radical (unpaired) electrons. The summed E-state index contributed by atoms with van der Waals surface area (Å²) in [6.45, 7) is 4.30. The number of carbonyl (C=O) groups is 1. The zero-order valence-corrected chi connectivity index (χ0v) is 12.7. The number of anilines is 1. The van der Waals surface area contributed by atoms with Crippen LogP contribution in [0.5, 0.6) is 0 Å². The van der Waals surface area contributed by atoms with Crippen molar-refractivity contribution in [3.8, 4) is 0 Å². The smallest absolute Gasteiger partial charge is 0.337 e. The molecule has 0 amide bonds. The van der Waals surface area contributed by atoms with E-state index in [1.807, 2.05) is 25.1 Å². The molecule has 0 heterocycles. The van der Waals surface area contributed by atoms with Gasteiger partial charge in [-0.25, -0.2) is 4.79 Å². The molecule has 110 valence electrons. The second-order valence-corrected chi connectivity index (χ2v) is 5.85. The van der Waals surface area contributed by atoms with E-state index in [1.165, 1.54) is 39.2 Å². The first-order valence-corrected chi connectivity index (χ1v) is 7.57. The number of hydrogen-bond acceptors (Lipinski definition) is 3. The lowest BCUT2D eigenvalue weighted by molar-refractivity contribution is 0.0600. The maximum Gasteiger partial charge on any atom is 0.337 e. The van der Waals surface area contributed by atoms with Gasteiger partial charge >= 0.3 is 5.97 Å².